The van der Waals surface area contributed by atoms with E-state index >= 15 is 0 Å². The maximum absolute atomic E-state index is 4.15. The van der Waals surface area contributed by atoms with Crippen LogP contribution >= 0.6 is 0 Å². The molecule has 0 fully saturated rings. The van der Waals surface area contributed by atoms with E-state index in [1.165, 1.54) is 11.1 Å². The third-order valence-corrected chi connectivity index (χ3v) is 3.80. The SMILES string of the molecule is C=CC(CC)(C(=C)C)C(C)CC(C)=CCC. The Morgan fingerprint density at radius 3 is 2.19 bits per heavy atom. The molecule has 0 aliphatic rings. The van der Waals surface area contributed by atoms with Gasteiger partial charge in [-0.1, -0.05) is 50.6 Å². The minimum absolute atomic E-state index is 0.100. The van der Waals surface area contributed by atoms with Gasteiger partial charge in [-0.15, -0.1) is 6.58 Å². The lowest BCUT2D eigenvalue weighted by molar-refractivity contribution is 0.289. The van der Waals surface area contributed by atoms with E-state index in [1.54, 1.807) is 0 Å². The van der Waals surface area contributed by atoms with Crippen LogP contribution in [0.4, 0.5) is 0 Å². The molecule has 0 aromatic heterocycles. The zero-order valence-corrected chi connectivity index (χ0v) is 11.8. The van der Waals surface area contributed by atoms with Crippen LogP contribution in [0.2, 0.25) is 0 Å². The van der Waals surface area contributed by atoms with Crippen LogP contribution in [0, 0.1) is 11.3 Å². The molecule has 0 saturated heterocycles. The first kappa shape index (κ1) is 15.2. The lowest BCUT2D eigenvalue weighted by atomic mass is 9.68. The smallest absolute Gasteiger partial charge is 0.0109 e. The normalized spacial score (nSPS) is 17.7. The second kappa shape index (κ2) is 6.73. The molecule has 0 saturated carbocycles. The Bertz CT molecular complexity index is 270. The molecule has 92 valence electrons. The van der Waals surface area contributed by atoms with Crippen molar-refractivity contribution in [2.45, 2.75) is 53.9 Å². The van der Waals surface area contributed by atoms with Gasteiger partial charge in [0.25, 0.3) is 0 Å². The standard InChI is InChI=1S/C16H28/c1-8-11-14(6)12-15(7)16(9-2,10-3)13(4)5/h9,11,15H,2,4,8,10,12H2,1,3,5-7H3. The molecular formula is C16H28. The second-order valence-electron chi connectivity index (χ2n) is 4.94. The summed E-state index contributed by atoms with van der Waals surface area (Å²) in [7, 11) is 0. The first-order valence-corrected chi connectivity index (χ1v) is 6.39. The van der Waals surface area contributed by atoms with Crippen LogP contribution in [-0.4, -0.2) is 0 Å². The van der Waals surface area contributed by atoms with Crippen LogP contribution < -0.4 is 0 Å². The highest BCUT2D eigenvalue weighted by atomic mass is 14.4. The summed E-state index contributed by atoms with van der Waals surface area (Å²) in [5.41, 5.74) is 2.82. The Kier molecular flexibility index (Phi) is 6.40. The van der Waals surface area contributed by atoms with E-state index in [-0.39, 0.29) is 5.41 Å². The fourth-order valence-electron chi connectivity index (χ4n) is 2.69. The van der Waals surface area contributed by atoms with Crippen LogP contribution in [0.15, 0.2) is 36.5 Å². The van der Waals surface area contributed by atoms with Gasteiger partial charge in [0, 0.05) is 5.41 Å². The summed E-state index contributed by atoms with van der Waals surface area (Å²) < 4.78 is 0. The van der Waals surface area contributed by atoms with E-state index in [0.717, 1.165) is 19.3 Å². The molecule has 2 atom stereocenters. The molecule has 0 N–H and O–H groups in total. The van der Waals surface area contributed by atoms with Crippen molar-refractivity contribution < 1.29 is 0 Å². The van der Waals surface area contributed by atoms with Gasteiger partial charge in [0.15, 0.2) is 0 Å². The van der Waals surface area contributed by atoms with Crippen molar-refractivity contribution in [2.24, 2.45) is 11.3 Å². The van der Waals surface area contributed by atoms with Crippen LogP contribution in [0.5, 0.6) is 0 Å². The highest BCUT2D eigenvalue weighted by Crippen LogP contribution is 2.42. The minimum Gasteiger partial charge on any atom is -0.102 e. The topological polar surface area (TPSA) is 0 Å². The maximum Gasteiger partial charge on any atom is 0.0109 e. The summed E-state index contributed by atoms with van der Waals surface area (Å²) in [6, 6.07) is 0. The molecule has 0 nitrogen and oxygen atoms in total. The van der Waals surface area contributed by atoms with Crippen molar-refractivity contribution in [3.05, 3.63) is 36.5 Å². The van der Waals surface area contributed by atoms with Gasteiger partial charge in [-0.2, -0.15) is 0 Å². The molecular weight excluding hydrogens is 192 g/mol. The first-order valence-electron chi connectivity index (χ1n) is 6.39. The monoisotopic (exact) mass is 220 g/mol. The van der Waals surface area contributed by atoms with Gasteiger partial charge in [0.1, 0.15) is 0 Å². The van der Waals surface area contributed by atoms with Crippen molar-refractivity contribution in [3.8, 4) is 0 Å². The average Bonchev–Trinajstić information content (AvgIpc) is 2.19. The molecule has 0 rings (SSSR count). The fraction of sp³-hybridized carbons (Fsp3) is 0.625. The average molecular weight is 220 g/mol. The van der Waals surface area contributed by atoms with E-state index in [2.05, 4.69) is 59.9 Å². The fourth-order valence-corrected chi connectivity index (χ4v) is 2.69. The van der Waals surface area contributed by atoms with Gasteiger partial charge in [0.2, 0.25) is 0 Å². The van der Waals surface area contributed by atoms with Crippen molar-refractivity contribution in [1.29, 1.82) is 0 Å². The highest BCUT2D eigenvalue weighted by molar-refractivity contribution is 5.19. The summed E-state index contributed by atoms with van der Waals surface area (Å²) in [5.74, 6) is 0.579. The summed E-state index contributed by atoms with van der Waals surface area (Å²) in [4.78, 5) is 0. The molecule has 0 bridgehead atoms. The summed E-state index contributed by atoms with van der Waals surface area (Å²) >= 11 is 0. The second-order valence-corrected chi connectivity index (χ2v) is 4.94. The number of hydrogen-bond donors (Lipinski definition) is 0. The molecule has 0 aromatic carbocycles. The number of allylic oxidation sites excluding steroid dienone is 4. The third kappa shape index (κ3) is 3.37. The van der Waals surface area contributed by atoms with Gasteiger partial charge in [0.05, 0.1) is 0 Å². The Morgan fingerprint density at radius 1 is 1.31 bits per heavy atom. The molecule has 0 aromatic rings. The number of rotatable bonds is 7. The molecule has 0 amide bonds. The molecule has 0 aliphatic heterocycles. The molecule has 0 radical (unpaired) electrons. The molecule has 0 heterocycles. The van der Waals surface area contributed by atoms with Crippen molar-refractivity contribution in [2.75, 3.05) is 0 Å². The Hall–Kier alpha value is -0.780. The van der Waals surface area contributed by atoms with Gasteiger partial charge >= 0.3 is 0 Å². The first-order chi connectivity index (χ1) is 7.44. The quantitative estimate of drug-likeness (QED) is 0.495. The third-order valence-electron chi connectivity index (χ3n) is 3.80. The van der Waals surface area contributed by atoms with Crippen LogP contribution in [-0.2, 0) is 0 Å². The van der Waals surface area contributed by atoms with Crippen LogP contribution in [0.25, 0.3) is 0 Å². The summed E-state index contributed by atoms with van der Waals surface area (Å²) in [6.07, 6.45) is 7.77. The van der Waals surface area contributed by atoms with Crippen molar-refractivity contribution in [1.82, 2.24) is 0 Å². The lowest BCUT2D eigenvalue weighted by Crippen LogP contribution is -2.27. The van der Waals surface area contributed by atoms with Crippen LogP contribution in [0.3, 0.4) is 0 Å². The summed E-state index contributed by atoms with van der Waals surface area (Å²) in [6.45, 7) is 19.3. The van der Waals surface area contributed by atoms with Gasteiger partial charge in [-0.25, -0.2) is 0 Å². The predicted molar refractivity (Wildman–Crippen MR) is 75.6 cm³/mol. The Morgan fingerprint density at radius 2 is 1.88 bits per heavy atom. The predicted octanol–water partition coefficient (Wildman–Crippen LogP) is 5.53. The van der Waals surface area contributed by atoms with Crippen LogP contribution in [0.1, 0.15) is 53.9 Å². The molecule has 16 heavy (non-hydrogen) atoms. The Labute approximate surface area is 102 Å². The van der Waals surface area contributed by atoms with E-state index < -0.39 is 0 Å². The minimum atomic E-state index is 0.100. The van der Waals surface area contributed by atoms with Gasteiger partial charge < -0.3 is 0 Å². The molecule has 0 heteroatoms. The lowest BCUT2D eigenvalue weighted by Gasteiger charge is -2.37. The molecule has 0 aliphatic carbocycles. The largest absolute Gasteiger partial charge is 0.102 e. The van der Waals surface area contributed by atoms with Crippen molar-refractivity contribution in [3.63, 3.8) is 0 Å². The summed E-state index contributed by atoms with van der Waals surface area (Å²) in [5, 5.41) is 0. The van der Waals surface area contributed by atoms with Crippen molar-refractivity contribution >= 4 is 0 Å². The maximum atomic E-state index is 4.15. The highest BCUT2D eigenvalue weighted by Gasteiger charge is 2.31. The van der Waals surface area contributed by atoms with E-state index in [9.17, 15) is 0 Å². The van der Waals surface area contributed by atoms with Gasteiger partial charge in [-0.05, 0) is 39.0 Å². The zero-order valence-electron chi connectivity index (χ0n) is 11.8. The zero-order chi connectivity index (χ0) is 12.8. The van der Waals surface area contributed by atoms with Gasteiger partial charge in [-0.3, -0.25) is 0 Å². The molecule has 0 spiro atoms. The Balaban J connectivity index is 4.89. The number of hydrogen-bond acceptors (Lipinski definition) is 0. The van der Waals surface area contributed by atoms with E-state index in [4.69, 9.17) is 0 Å². The molecule has 2 unspecified atom stereocenters. The van der Waals surface area contributed by atoms with E-state index in [0.29, 0.717) is 5.92 Å². The van der Waals surface area contributed by atoms with E-state index in [1.807, 2.05) is 0 Å².